The summed E-state index contributed by atoms with van der Waals surface area (Å²) in [5.41, 5.74) is 2.68. The molecule has 0 aliphatic carbocycles. The Balaban J connectivity index is 2.70. The van der Waals surface area contributed by atoms with Crippen molar-refractivity contribution in [3.8, 4) is 0 Å². The maximum Gasteiger partial charge on any atom is 0.0429 e. The highest BCUT2D eigenvalue weighted by Gasteiger charge is 2.12. The second kappa shape index (κ2) is 7.69. The molecule has 0 spiro atoms. The molecule has 16 heavy (non-hydrogen) atoms. The minimum absolute atomic E-state index is 0.443. The summed E-state index contributed by atoms with van der Waals surface area (Å²) >= 11 is 1.98. The van der Waals surface area contributed by atoms with Crippen LogP contribution in [0.5, 0.6) is 0 Å². The smallest absolute Gasteiger partial charge is 0.0429 e. The van der Waals surface area contributed by atoms with Gasteiger partial charge in [0.2, 0.25) is 0 Å². The third-order valence-electron chi connectivity index (χ3n) is 2.58. The fourth-order valence-electron chi connectivity index (χ4n) is 1.65. The number of aryl methyl sites for hydroxylation is 1. The lowest BCUT2D eigenvalue weighted by Gasteiger charge is -2.19. The van der Waals surface area contributed by atoms with Crippen LogP contribution < -0.4 is 5.32 Å². The molecule has 0 aromatic carbocycles. The van der Waals surface area contributed by atoms with Gasteiger partial charge in [0.25, 0.3) is 0 Å². The van der Waals surface area contributed by atoms with Gasteiger partial charge in [0.15, 0.2) is 0 Å². The molecule has 2 nitrogen and oxygen atoms in total. The first kappa shape index (κ1) is 13.5. The molecule has 0 saturated carbocycles. The number of aromatic nitrogens is 1. The van der Waals surface area contributed by atoms with E-state index < -0.39 is 0 Å². The number of hydrogen-bond donors (Lipinski definition) is 1. The van der Waals surface area contributed by atoms with Crippen molar-refractivity contribution in [1.29, 1.82) is 0 Å². The predicted molar refractivity (Wildman–Crippen MR) is 73.0 cm³/mol. The number of pyridine rings is 1. The number of nitrogens with one attached hydrogen (secondary N) is 1. The lowest BCUT2D eigenvalue weighted by Crippen LogP contribution is -2.25. The molecule has 0 aliphatic heterocycles. The summed E-state index contributed by atoms with van der Waals surface area (Å²) in [4.78, 5) is 4.23. The molecule has 1 N–H and O–H groups in total. The van der Waals surface area contributed by atoms with Crippen molar-refractivity contribution < 1.29 is 0 Å². The molecular weight excluding hydrogens is 216 g/mol. The first-order chi connectivity index (χ1) is 7.79. The zero-order chi connectivity index (χ0) is 11.8. The van der Waals surface area contributed by atoms with Crippen LogP contribution in [0.3, 0.4) is 0 Å². The Morgan fingerprint density at radius 3 is 2.88 bits per heavy atom. The van der Waals surface area contributed by atoms with Crippen molar-refractivity contribution in [3.63, 3.8) is 0 Å². The van der Waals surface area contributed by atoms with Crippen LogP contribution >= 0.6 is 11.8 Å². The van der Waals surface area contributed by atoms with Gasteiger partial charge in [-0.2, -0.15) is 11.8 Å². The Hall–Kier alpha value is -0.540. The third kappa shape index (κ3) is 4.14. The van der Waals surface area contributed by atoms with Gasteiger partial charge in [-0.1, -0.05) is 13.8 Å². The Kier molecular flexibility index (Phi) is 6.50. The molecule has 0 aliphatic rings. The third-order valence-corrected chi connectivity index (χ3v) is 3.56. The summed E-state index contributed by atoms with van der Waals surface area (Å²) in [6.45, 7) is 7.64. The quantitative estimate of drug-likeness (QED) is 0.789. The minimum Gasteiger partial charge on any atom is -0.309 e. The minimum atomic E-state index is 0.443. The molecule has 1 heterocycles. The monoisotopic (exact) mass is 238 g/mol. The maximum absolute atomic E-state index is 4.23. The van der Waals surface area contributed by atoms with Gasteiger partial charge in [-0.15, -0.1) is 0 Å². The molecule has 1 atom stereocenters. The molecule has 0 fully saturated rings. The lowest BCUT2D eigenvalue weighted by molar-refractivity contribution is 0.573. The van der Waals surface area contributed by atoms with E-state index in [-0.39, 0.29) is 0 Å². The fourth-order valence-corrected chi connectivity index (χ4v) is 2.42. The Morgan fingerprint density at radius 1 is 1.44 bits per heavy atom. The second-order valence-corrected chi connectivity index (χ2v) is 5.22. The normalized spacial score (nSPS) is 12.7. The number of thioether (sulfide) groups is 1. The van der Waals surface area contributed by atoms with Crippen molar-refractivity contribution >= 4 is 11.8 Å². The number of nitrogens with zero attached hydrogens (tertiary/aromatic N) is 1. The zero-order valence-corrected chi connectivity index (χ0v) is 11.3. The van der Waals surface area contributed by atoms with Crippen molar-refractivity contribution in [2.45, 2.75) is 33.2 Å². The molecule has 0 saturated heterocycles. The molecule has 3 heteroatoms. The van der Waals surface area contributed by atoms with Crippen molar-refractivity contribution in [3.05, 3.63) is 29.6 Å². The SMILES string of the molecule is CCCNC(CSCC)c1cnccc1C. The summed E-state index contributed by atoms with van der Waals surface area (Å²) < 4.78 is 0. The fraction of sp³-hybridized carbons (Fsp3) is 0.615. The summed E-state index contributed by atoms with van der Waals surface area (Å²) in [5.74, 6) is 2.30. The molecule has 1 aromatic heterocycles. The van der Waals surface area contributed by atoms with Gasteiger partial charge in [-0.3, -0.25) is 4.98 Å². The maximum atomic E-state index is 4.23. The molecule has 0 bridgehead atoms. The summed E-state index contributed by atoms with van der Waals surface area (Å²) in [5, 5.41) is 3.60. The topological polar surface area (TPSA) is 24.9 Å². The molecule has 0 amide bonds. The first-order valence-electron chi connectivity index (χ1n) is 6.01. The second-order valence-electron chi connectivity index (χ2n) is 3.90. The van der Waals surface area contributed by atoms with Crippen LogP contribution in [-0.2, 0) is 0 Å². The van der Waals surface area contributed by atoms with E-state index in [4.69, 9.17) is 0 Å². The summed E-state index contributed by atoms with van der Waals surface area (Å²) in [6.07, 6.45) is 5.04. The van der Waals surface area contributed by atoms with Crippen LogP contribution in [0.4, 0.5) is 0 Å². The van der Waals surface area contributed by atoms with Crippen molar-refractivity contribution in [2.24, 2.45) is 0 Å². The standard InChI is InChI=1S/C13H22N2S/c1-4-7-15-13(10-16-5-2)12-9-14-8-6-11(12)3/h6,8-9,13,15H,4-5,7,10H2,1-3H3. The number of hydrogen-bond acceptors (Lipinski definition) is 3. The van der Waals surface area contributed by atoms with E-state index >= 15 is 0 Å². The van der Waals surface area contributed by atoms with Crippen molar-refractivity contribution in [1.82, 2.24) is 10.3 Å². The Morgan fingerprint density at radius 2 is 2.25 bits per heavy atom. The highest BCUT2D eigenvalue weighted by Crippen LogP contribution is 2.20. The van der Waals surface area contributed by atoms with E-state index in [1.165, 1.54) is 23.3 Å². The van der Waals surface area contributed by atoms with Gasteiger partial charge in [-0.05, 0) is 42.8 Å². The zero-order valence-electron chi connectivity index (χ0n) is 10.5. The average Bonchev–Trinajstić information content (AvgIpc) is 2.31. The Labute approximate surface area is 103 Å². The van der Waals surface area contributed by atoms with Gasteiger partial charge in [0.1, 0.15) is 0 Å². The van der Waals surface area contributed by atoms with Crippen LogP contribution in [0.2, 0.25) is 0 Å². The van der Waals surface area contributed by atoms with Crippen LogP contribution in [-0.4, -0.2) is 23.0 Å². The molecule has 1 rings (SSSR count). The van der Waals surface area contributed by atoms with E-state index in [1.807, 2.05) is 24.2 Å². The molecule has 1 aromatic rings. The predicted octanol–water partition coefficient (Wildman–Crippen LogP) is 3.18. The van der Waals surface area contributed by atoms with Crippen LogP contribution in [0, 0.1) is 6.92 Å². The van der Waals surface area contributed by atoms with E-state index in [2.05, 4.69) is 37.1 Å². The van der Waals surface area contributed by atoms with E-state index in [9.17, 15) is 0 Å². The van der Waals surface area contributed by atoms with Gasteiger partial charge < -0.3 is 5.32 Å². The van der Waals surface area contributed by atoms with Crippen molar-refractivity contribution in [2.75, 3.05) is 18.1 Å². The summed E-state index contributed by atoms with van der Waals surface area (Å²) in [6, 6.07) is 2.53. The van der Waals surface area contributed by atoms with Gasteiger partial charge in [0, 0.05) is 24.2 Å². The van der Waals surface area contributed by atoms with E-state index in [0.29, 0.717) is 6.04 Å². The molecule has 1 unspecified atom stereocenters. The highest BCUT2D eigenvalue weighted by molar-refractivity contribution is 7.99. The van der Waals surface area contributed by atoms with Crippen LogP contribution in [0.1, 0.15) is 37.4 Å². The summed E-state index contributed by atoms with van der Waals surface area (Å²) in [7, 11) is 0. The van der Waals surface area contributed by atoms with Gasteiger partial charge in [-0.25, -0.2) is 0 Å². The highest BCUT2D eigenvalue weighted by atomic mass is 32.2. The lowest BCUT2D eigenvalue weighted by atomic mass is 10.1. The first-order valence-corrected chi connectivity index (χ1v) is 7.16. The van der Waals surface area contributed by atoms with E-state index in [0.717, 1.165) is 12.3 Å². The molecule has 90 valence electrons. The van der Waals surface area contributed by atoms with Gasteiger partial charge >= 0.3 is 0 Å². The molecular formula is C13H22N2S. The molecule has 0 radical (unpaired) electrons. The largest absolute Gasteiger partial charge is 0.309 e. The Bertz CT molecular complexity index is 294. The van der Waals surface area contributed by atoms with Crippen LogP contribution in [0.15, 0.2) is 18.5 Å². The average molecular weight is 238 g/mol. The number of rotatable bonds is 7. The van der Waals surface area contributed by atoms with Crippen LogP contribution in [0.25, 0.3) is 0 Å². The van der Waals surface area contributed by atoms with Gasteiger partial charge in [0.05, 0.1) is 0 Å². The van der Waals surface area contributed by atoms with E-state index in [1.54, 1.807) is 0 Å².